The molecule has 2 saturated carbocycles. The molecule has 2 aromatic rings. The highest BCUT2D eigenvalue weighted by atomic mass is 16.5. The Balaban J connectivity index is 1.19. The van der Waals surface area contributed by atoms with Crippen molar-refractivity contribution < 1.29 is 14.3 Å². The van der Waals surface area contributed by atoms with E-state index in [1.54, 1.807) is 24.3 Å². The number of hydrazine groups is 1. The molecule has 2 bridgehead atoms. The molecule has 3 atom stereocenters. The van der Waals surface area contributed by atoms with Crippen LogP contribution in [0.15, 0.2) is 48.5 Å². The first-order chi connectivity index (χ1) is 14.6. The first kappa shape index (κ1) is 20.0. The first-order valence-corrected chi connectivity index (χ1v) is 10.4. The third-order valence-electron chi connectivity index (χ3n) is 6.25. The van der Waals surface area contributed by atoms with Crippen LogP contribution in [-0.4, -0.2) is 18.4 Å². The van der Waals surface area contributed by atoms with E-state index in [1.807, 2.05) is 24.3 Å². The van der Waals surface area contributed by atoms with Crippen molar-refractivity contribution in [3.63, 3.8) is 0 Å². The molecule has 4 rings (SSSR count). The average Bonchev–Trinajstić information content (AvgIpc) is 3.40. The van der Waals surface area contributed by atoms with Crippen molar-refractivity contribution in [1.29, 1.82) is 5.26 Å². The van der Waals surface area contributed by atoms with Gasteiger partial charge in [-0.15, -0.1) is 0 Å². The quantitative estimate of drug-likeness (QED) is 0.721. The maximum Gasteiger partial charge on any atom is 0.276 e. The topological polar surface area (TPSA) is 91.2 Å². The van der Waals surface area contributed by atoms with E-state index in [-0.39, 0.29) is 12.5 Å². The number of nitriles is 1. The van der Waals surface area contributed by atoms with Gasteiger partial charge in [0.1, 0.15) is 5.75 Å². The smallest absolute Gasteiger partial charge is 0.276 e. The monoisotopic (exact) mass is 403 g/mol. The van der Waals surface area contributed by atoms with Crippen LogP contribution in [-0.2, 0) is 9.59 Å². The molecule has 2 amide bonds. The Bertz CT molecular complexity index is 947. The van der Waals surface area contributed by atoms with Crippen LogP contribution < -0.4 is 15.6 Å². The Morgan fingerprint density at radius 1 is 0.933 bits per heavy atom. The Morgan fingerprint density at radius 3 is 2.20 bits per heavy atom. The van der Waals surface area contributed by atoms with Crippen molar-refractivity contribution in [3.8, 4) is 22.9 Å². The predicted octanol–water partition coefficient (Wildman–Crippen LogP) is 3.58. The van der Waals surface area contributed by atoms with E-state index in [0.717, 1.165) is 23.5 Å². The van der Waals surface area contributed by atoms with Crippen molar-refractivity contribution in [2.45, 2.75) is 32.1 Å². The molecule has 0 spiro atoms. The van der Waals surface area contributed by atoms with Gasteiger partial charge in [-0.2, -0.15) is 5.26 Å². The van der Waals surface area contributed by atoms with Crippen LogP contribution in [0.3, 0.4) is 0 Å². The number of hydrogen-bond acceptors (Lipinski definition) is 4. The Hall–Kier alpha value is -3.33. The zero-order valence-electron chi connectivity index (χ0n) is 16.8. The summed E-state index contributed by atoms with van der Waals surface area (Å²) in [5.41, 5.74) is 7.54. The lowest BCUT2D eigenvalue weighted by atomic mass is 9.86. The number of carbonyl (C=O) groups is 2. The van der Waals surface area contributed by atoms with Crippen LogP contribution in [0.1, 0.15) is 37.7 Å². The summed E-state index contributed by atoms with van der Waals surface area (Å²) in [6, 6.07) is 16.8. The second kappa shape index (κ2) is 9.00. The third-order valence-corrected chi connectivity index (χ3v) is 6.25. The van der Waals surface area contributed by atoms with Gasteiger partial charge in [-0.25, -0.2) is 0 Å². The predicted molar refractivity (Wildman–Crippen MR) is 112 cm³/mol. The number of nitrogens with zero attached hydrogens (tertiary/aromatic N) is 1. The molecule has 0 heterocycles. The zero-order valence-corrected chi connectivity index (χ0v) is 16.8. The third kappa shape index (κ3) is 4.80. The number of ether oxygens (including phenoxy) is 1. The van der Waals surface area contributed by atoms with Gasteiger partial charge in [-0.05, 0) is 72.4 Å². The van der Waals surface area contributed by atoms with Gasteiger partial charge in [0, 0.05) is 6.42 Å². The fraction of sp³-hybridized carbons (Fsp3) is 0.375. The Morgan fingerprint density at radius 2 is 1.60 bits per heavy atom. The number of hydrogen-bond donors (Lipinski definition) is 2. The van der Waals surface area contributed by atoms with Gasteiger partial charge in [0.15, 0.2) is 6.61 Å². The average molecular weight is 403 g/mol. The highest BCUT2D eigenvalue weighted by Crippen LogP contribution is 2.49. The van der Waals surface area contributed by atoms with Crippen LogP contribution in [0.4, 0.5) is 0 Å². The zero-order chi connectivity index (χ0) is 20.9. The molecular weight excluding hydrogens is 378 g/mol. The summed E-state index contributed by atoms with van der Waals surface area (Å²) in [6.07, 6.45) is 5.45. The van der Waals surface area contributed by atoms with Crippen LogP contribution >= 0.6 is 0 Å². The fourth-order valence-electron chi connectivity index (χ4n) is 4.72. The van der Waals surface area contributed by atoms with Crippen LogP contribution in [0.25, 0.3) is 11.1 Å². The van der Waals surface area contributed by atoms with E-state index in [2.05, 4.69) is 16.9 Å². The van der Waals surface area contributed by atoms with Crippen molar-refractivity contribution in [2.24, 2.45) is 17.8 Å². The van der Waals surface area contributed by atoms with E-state index >= 15 is 0 Å². The molecule has 30 heavy (non-hydrogen) atoms. The molecule has 6 nitrogen and oxygen atoms in total. The second-order valence-electron chi connectivity index (χ2n) is 8.24. The molecular formula is C24H25N3O3. The van der Waals surface area contributed by atoms with E-state index in [4.69, 9.17) is 10.00 Å². The molecule has 0 radical (unpaired) electrons. The largest absolute Gasteiger partial charge is 0.484 e. The highest BCUT2D eigenvalue weighted by Gasteiger charge is 2.40. The van der Waals surface area contributed by atoms with E-state index in [0.29, 0.717) is 29.6 Å². The number of benzene rings is 2. The van der Waals surface area contributed by atoms with E-state index < -0.39 is 5.91 Å². The molecule has 3 unspecified atom stereocenters. The number of amides is 2. The van der Waals surface area contributed by atoms with Gasteiger partial charge >= 0.3 is 0 Å². The molecule has 2 aliphatic carbocycles. The molecule has 0 aromatic heterocycles. The van der Waals surface area contributed by atoms with Crippen LogP contribution in [0.5, 0.6) is 5.75 Å². The summed E-state index contributed by atoms with van der Waals surface area (Å²) in [6.45, 7) is -0.176. The summed E-state index contributed by atoms with van der Waals surface area (Å²) >= 11 is 0. The van der Waals surface area contributed by atoms with E-state index in [1.165, 1.54) is 19.3 Å². The minimum Gasteiger partial charge on any atom is -0.484 e. The van der Waals surface area contributed by atoms with Gasteiger partial charge in [0.05, 0.1) is 11.6 Å². The number of nitrogens with one attached hydrogen (secondary N) is 2. The van der Waals surface area contributed by atoms with Crippen molar-refractivity contribution in [2.75, 3.05) is 6.61 Å². The number of fused-ring (bicyclic) bond motifs is 2. The SMILES string of the molecule is N#Cc1ccc(-c2ccc(OCC(=O)NNC(=O)CC3CC4CCC3C4)cc2)cc1. The molecule has 0 aliphatic heterocycles. The Labute approximate surface area is 176 Å². The molecule has 2 fully saturated rings. The lowest BCUT2D eigenvalue weighted by Gasteiger charge is -2.20. The van der Waals surface area contributed by atoms with Crippen LogP contribution in [0, 0.1) is 29.1 Å². The number of carbonyl (C=O) groups excluding carboxylic acids is 2. The van der Waals surface area contributed by atoms with E-state index in [9.17, 15) is 9.59 Å². The molecule has 0 saturated heterocycles. The lowest BCUT2D eigenvalue weighted by molar-refractivity contribution is -0.130. The first-order valence-electron chi connectivity index (χ1n) is 10.4. The normalized spacial score (nSPS) is 21.6. The maximum atomic E-state index is 12.1. The van der Waals surface area contributed by atoms with Gasteiger partial charge in [-0.3, -0.25) is 20.4 Å². The summed E-state index contributed by atoms with van der Waals surface area (Å²) in [5, 5.41) is 8.87. The van der Waals surface area contributed by atoms with Crippen molar-refractivity contribution in [1.82, 2.24) is 10.9 Å². The summed E-state index contributed by atoms with van der Waals surface area (Å²) < 4.78 is 5.49. The molecule has 2 N–H and O–H groups in total. The summed E-state index contributed by atoms with van der Waals surface area (Å²) in [4.78, 5) is 24.0. The second-order valence-corrected chi connectivity index (χ2v) is 8.24. The van der Waals surface area contributed by atoms with Gasteiger partial charge in [-0.1, -0.05) is 30.7 Å². The molecule has 6 heteroatoms. The maximum absolute atomic E-state index is 12.1. The number of rotatable bonds is 6. The molecule has 154 valence electrons. The summed E-state index contributed by atoms with van der Waals surface area (Å²) in [5.74, 6) is 1.99. The van der Waals surface area contributed by atoms with Crippen molar-refractivity contribution in [3.05, 3.63) is 54.1 Å². The standard InChI is InChI=1S/C24H25N3O3/c25-14-16-1-4-18(5-2-16)19-7-9-22(10-8-19)30-15-24(29)27-26-23(28)13-21-12-17-3-6-20(21)11-17/h1-2,4-5,7-10,17,20-21H,3,6,11-13,15H2,(H,26,28)(H,27,29). The molecule has 2 aliphatic rings. The molecule has 2 aromatic carbocycles. The Kier molecular flexibility index (Phi) is 5.99. The summed E-state index contributed by atoms with van der Waals surface area (Å²) in [7, 11) is 0. The van der Waals surface area contributed by atoms with Gasteiger partial charge in [0.25, 0.3) is 5.91 Å². The van der Waals surface area contributed by atoms with Gasteiger partial charge < -0.3 is 4.74 Å². The highest BCUT2D eigenvalue weighted by molar-refractivity contribution is 5.82. The minimum absolute atomic E-state index is 0.132. The lowest BCUT2D eigenvalue weighted by Crippen LogP contribution is -2.44. The minimum atomic E-state index is -0.396. The van der Waals surface area contributed by atoms with Crippen molar-refractivity contribution >= 4 is 11.8 Å². The van der Waals surface area contributed by atoms with Gasteiger partial charge in [0.2, 0.25) is 5.91 Å². The fourth-order valence-corrected chi connectivity index (χ4v) is 4.72. The van der Waals surface area contributed by atoms with Crippen LogP contribution in [0.2, 0.25) is 0 Å².